The molecular formula is C17H22FNO. The van der Waals surface area contributed by atoms with E-state index in [4.69, 9.17) is 9.73 Å². The monoisotopic (exact) mass is 275 g/mol. The van der Waals surface area contributed by atoms with E-state index in [1.54, 1.807) is 0 Å². The van der Waals surface area contributed by atoms with Gasteiger partial charge in [-0.3, -0.25) is 0 Å². The first kappa shape index (κ1) is 13.6. The maximum Gasteiger partial charge on any atom is 0.252 e. The first-order valence-corrected chi connectivity index (χ1v) is 7.68. The summed E-state index contributed by atoms with van der Waals surface area (Å²) in [6, 6.07) is 9.71. The van der Waals surface area contributed by atoms with Crippen LogP contribution in [0.3, 0.4) is 0 Å². The highest BCUT2D eigenvalue weighted by Gasteiger charge is 2.47. The summed E-state index contributed by atoms with van der Waals surface area (Å²) in [4.78, 5) is 4.84. The van der Waals surface area contributed by atoms with Crippen LogP contribution in [0, 0.1) is 0 Å². The van der Waals surface area contributed by atoms with E-state index < -0.39 is 5.85 Å². The molecule has 1 fully saturated rings. The molecule has 1 saturated carbocycles. The molecule has 0 amide bonds. The molecule has 0 saturated heterocycles. The number of rotatable bonds is 2. The molecule has 1 heterocycles. The zero-order chi connectivity index (χ0) is 14.1. The van der Waals surface area contributed by atoms with E-state index in [0.29, 0.717) is 18.7 Å². The lowest BCUT2D eigenvalue weighted by Crippen LogP contribution is -2.46. The van der Waals surface area contributed by atoms with Crippen LogP contribution in [0.2, 0.25) is 0 Å². The van der Waals surface area contributed by atoms with E-state index in [-0.39, 0.29) is 5.54 Å². The molecule has 1 aromatic rings. The molecule has 108 valence electrons. The number of ether oxygens (including phenoxy) is 1. The van der Waals surface area contributed by atoms with Gasteiger partial charge in [0.1, 0.15) is 0 Å². The SMILES string of the molecule is CCC1(F)CC2(CCCCC2)N=C(c2ccccc2)O1. The van der Waals surface area contributed by atoms with Gasteiger partial charge in [0.15, 0.2) is 0 Å². The van der Waals surface area contributed by atoms with Gasteiger partial charge < -0.3 is 4.74 Å². The molecular weight excluding hydrogens is 253 g/mol. The summed E-state index contributed by atoms with van der Waals surface area (Å²) in [5.74, 6) is -1.08. The summed E-state index contributed by atoms with van der Waals surface area (Å²) in [6.07, 6.45) is 6.28. The summed E-state index contributed by atoms with van der Waals surface area (Å²) in [6.45, 7) is 1.85. The van der Waals surface area contributed by atoms with E-state index in [2.05, 4.69) is 0 Å². The van der Waals surface area contributed by atoms with Crippen molar-refractivity contribution in [1.29, 1.82) is 0 Å². The largest absolute Gasteiger partial charge is 0.440 e. The lowest BCUT2D eigenvalue weighted by Gasteiger charge is -2.43. The molecule has 1 atom stereocenters. The molecule has 20 heavy (non-hydrogen) atoms. The number of aliphatic imine (C=N–C) groups is 1. The van der Waals surface area contributed by atoms with Crippen LogP contribution in [0.5, 0.6) is 0 Å². The number of hydrogen-bond acceptors (Lipinski definition) is 2. The highest BCUT2D eigenvalue weighted by molar-refractivity contribution is 5.95. The molecule has 2 nitrogen and oxygen atoms in total. The van der Waals surface area contributed by atoms with Gasteiger partial charge in [-0.05, 0) is 25.0 Å². The van der Waals surface area contributed by atoms with Gasteiger partial charge in [0.05, 0.1) is 5.54 Å². The fraction of sp³-hybridized carbons (Fsp3) is 0.588. The third-order valence-electron chi connectivity index (χ3n) is 4.54. The number of nitrogens with zero attached hydrogens (tertiary/aromatic N) is 1. The number of alkyl halides is 1. The predicted molar refractivity (Wildman–Crippen MR) is 78.6 cm³/mol. The Morgan fingerprint density at radius 1 is 1.15 bits per heavy atom. The average Bonchev–Trinajstić information content (AvgIpc) is 2.48. The van der Waals surface area contributed by atoms with Crippen LogP contribution in [0.15, 0.2) is 35.3 Å². The summed E-state index contributed by atoms with van der Waals surface area (Å²) in [5, 5.41) is 0. The van der Waals surface area contributed by atoms with Gasteiger partial charge in [0, 0.05) is 18.4 Å². The Kier molecular flexibility index (Phi) is 3.53. The van der Waals surface area contributed by atoms with Gasteiger partial charge in [-0.15, -0.1) is 0 Å². The minimum absolute atomic E-state index is 0.244. The summed E-state index contributed by atoms with van der Waals surface area (Å²) in [7, 11) is 0. The molecule has 1 aromatic carbocycles. The molecule has 0 bridgehead atoms. The summed E-state index contributed by atoms with van der Waals surface area (Å²) >= 11 is 0. The zero-order valence-corrected chi connectivity index (χ0v) is 12.1. The van der Waals surface area contributed by atoms with Crippen molar-refractivity contribution in [2.24, 2.45) is 4.99 Å². The molecule has 0 radical (unpaired) electrons. The van der Waals surface area contributed by atoms with Gasteiger partial charge in [0.25, 0.3) is 5.85 Å². The molecule has 3 heteroatoms. The first-order valence-electron chi connectivity index (χ1n) is 7.68. The van der Waals surface area contributed by atoms with Gasteiger partial charge in [-0.1, -0.05) is 44.4 Å². The Hall–Kier alpha value is -1.38. The smallest absolute Gasteiger partial charge is 0.252 e. The van der Waals surface area contributed by atoms with E-state index in [1.807, 2.05) is 37.3 Å². The minimum Gasteiger partial charge on any atom is -0.440 e. The van der Waals surface area contributed by atoms with Gasteiger partial charge in [-0.2, -0.15) is 4.39 Å². The number of halogens is 1. The summed E-state index contributed by atoms with van der Waals surface area (Å²) < 4.78 is 20.6. The van der Waals surface area contributed by atoms with Crippen molar-refractivity contribution in [3.05, 3.63) is 35.9 Å². The van der Waals surface area contributed by atoms with Crippen molar-refractivity contribution in [3.63, 3.8) is 0 Å². The van der Waals surface area contributed by atoms with Crippen molar-refractivity contribution in [1.82, 2.24) is 0 Å². The first-order chi connectivity index (χ1) is 9.65. The Morgan fingerprint density at radius 3 is 2.50 bits per heavy atom. The van der Waals surface area contributed by atoms with Crippen LogP contribution >= 0.6 is 0 Å². The van der Waals surface area contributed by atoms with Crippen LogP contribution in [0.25, 0.3) is 0 Å². The maximum absolute atomic E-state index is 15.0. The van der Waals surface area contributed by atoms with Crippen molar-refractivity contribution in [2.45, 2.75) is 63.3 Å². The minimum atomic E-state index is -1.57. The lowest BCUT2D eigenvalue weighted by molar-refractivity contribution is -0.113. The quantitative estimate of drug-likeness (QED) is 0.771. The van der Waals surface area contributed by atoms with Crippen LogP contribution in [0.4, 0.5) is 4.39 Å². The third-order valence-corrected chi connectivity index (χ3v) is 4.54. The lowest BCUT2D eigenvalue weighted by atomic mass is 9.76. The van der Waals surface area contributed by atoms with Crippen molar-refractivity contribution in [3.8, 4) is 0 Å². The van der Waals surface area contributed by atoms with Crippen LogP contribution in [-0.2, 0) is 4.74 Å². The van der Waals surface area contributed by atoms with Gasteiger partial charge in [0.2, 0.25) is 5.90 Å². The zero-order valence-electron chi connectivity index (χ0n) is 12.1. The second-order valence-corrected chi connectivity index (χ2v) is 6.08. The normalized spacial score (nSPS) is 28.8. The Bertz CT molecular complexity index is 493. The molecule has 1 unspecified atom stereocenters. The topological polar surface area (TPSA) is 21.6 Å². The Balaban J connectivity index is 1.99. The average molecular weight is 275 g/mol. The van der Waals surface area contributed by atoms with E-state index >= 15 is 0 Å². The maximum atomic E-state index is 15.0. The highest BCUT2D eigenvalue weighted by Crippen LogP contribution is 2.44. The van der Waals surface area contributed by atoms with E-state index in [9.17, 15) is 4.39 Å². The fourth-order valence-corrected chi connectivity index (χ4v) is 3.38. The molecule has 1 spiro atoms. The second-order valence-electron chi connectivity index (χ2n) is 6.08. The third kappa shape index (κ3) is 2.58. The van der Waals surface area contributed by atoms with E-state index in [1.165, 1.54) is 6.42 Å². The fourth-order valence-electron chi connectivity index (χ4n) is 3.38. The molecule has 1 aliphatic carbocycles. The predicted octanol–water partition coefficient (Wildman–Crippen LogP) is 4.63. The highest BCUT2D eigenvalue weighted by atomic mass is 19.2. The van der Waals surface area contributed by atoms with Gasteiger partial charge >= 0.3 is 0 Å². The van der Waals surface area contributed by atoms with Crippen LogP contribution in [0.1, 0.15) is 57.4 Å². The van der Waals surface area contributed by atoms with E-state index in [0.717, 1.165) is 31.2 Å². The van der Waals surface area contributed by atoms with Crippen LogP contribution < -0.4 is 0 Å². The number of benzene rings is 1. The van der Waals surface area contributed by atoms with Crippen molar-refractivity contribution < 1.29 is 9.13 Å². The Morgan fingerprint density at radius 2 is 1.85 bits per heavy atom. The molecule has 1 aliphatic heterocycles. The van der Waals surface area contributed by atoms with Gasteiger partial charge in [-0.25, -0.2) is 4.99 Å². The second kappa shape index (κ2) is 5.19. The summed E-state index contributed by atoms with van der Waals surface area (Å²) in [5.41, 5.74) is 0.638. The molecule has 3 rings (SSSR count). The number of hydrogen-bond donors (Lipinski definition) is 0. The molecule has 0 aromatic heterocycles. The standard InChI is InChI=1S/C17H22FNO/c1-2-17(18)13-16(11-7-4-8-12-16)19-15(20-17)14-9-5-3-6-10-14/h3,5-6,9-10H,2,4,7-8,11-13H2,1H3. The van der Waals surface area contributed by atoms with Crippen molar-refractivity contribution >= 4 is 5.90 Å². The molecule has 2 aliphatic rings. The van der Waals surface area contributed by atoms with Crippen LogP contribution in [-0.4, -0.2) is 17.3 Å². The Labute approximate surface area is 120 Å². The molecule has 0 N–H and O–H groups in total. The van der Waals surface area contributed by atoms with Crippen molar-refractivity contribution in [2.75, 3.05) is 0 Å².